The van der Waals surface area contributed by atoms with Crippen molar-refractivity contribution in [1.29, 1.82) is 5.41 Å². The van der Waals surface area contributed by atoms with Gasteiger partial charge in [-0.15, -0.1) is 0 Å². The van der Waals surface area contributed by atoms with E-state index in [0.717, 1.165) is 16.8 Å². The van der Waals surface area contributed by atoms with Gasteiger partial charge < -0.3 is 5.32 Å². The maximum Gasteiger partial charge on any atom is 0.0662 e. The average Bonchev–Trinajstić information content (AvgIpc) is 2.39. The summed E-state index contributed by atoms with van der Waals surface area (Å²) in [6, 6.07) is 9.77. The number of benzene rings is 1. The highest BCUT2D eigenvalue weighted by Gasteiger charge is 2.07. The molecule has 16 heavy (non-hydrogen) atoms. The highest BCUT2D eigenvalue weighted by Crippen LogP contribution is 2.12. The molecule has 0 atom stereocenters. The minimum Gasteiger partial charge on any atom is -0.361 e. The van der Waals surface area contributed by atoms with Crippen LogP contribution in [0.5, 0.6) is 0 Å². The molecule has 0 saturated heterocycles. The Hall–Kier alpha value is -2.09. The van der Waals surface area contributed by atoms with Gasteiger partial charge in [-0.2, -0.15) is 0 Å². The summed E-state index contributed by atoms with van der Waals surface area (Å²) in [6.45, 7) is 1.96. The fourth-order valence-electron chi connectivity index (χ4n) is 1.58. The quantitative estimate of drug-likeness (QED) is 0.723. The van der Waals surface area contributed by atoms with Gasteiger partial charge in [0.1, 0.15) is 0 Å². The molecule has 0 aliphatic carbocycles. The molecule has 1 aromatic rings. The van der Waals surface area contributed by atoms with Crippen LogP contribution in [0.2, 0.25) is 0 Å². The predicted molar refractivity (Wildman–Crippen MR) is 67.4 cm³/mol. The van der Waals surface area contributed by atoms with E-state index in [1.54, 1.807) is 0 Å². The number of allylic oxidation sites excluding steroid dienone is 4. The van der Waals surface area contributed by atoms with Crippen LogP contribution in [0.1, 0.15) is 12.5 Å². The highest BCUT2D eigenvalue weighted by atomic mass is 14.9. The second kappa shape index (κ2) is 4.62. The largest absolute Gasteiger partial charge is 0.361 e. The molecule has 80 valence electrons. The molecule has 2 N–H and O–H groups in total. The topological polar surface area (TPSA) is 35.9 Å². The first-order valence-corrected chi connectivity index (χ1v) is 5.24. The molecule has 2 rings (SSSR count). The van der Waals surface area contributed by atoms with Crippen molar-refractivity contribution in [3.05, 3.63) is 71.6 Å². The first-order chi connectivity index (χ1) is 7.79. The number of rotatable bonds is 2. The molecule has 1 aliphatic rings. The number of hydrogen-bond donors (Lipinski definition) is 2. The first kappa shape index (κ1) is 10.4. The Labute approximate surface area is 95.5 Å². The van der Waals surface area contributed by atoms with Gasteiger partial charge in [0.15, 0.2) is 0 Å². The van der Waals surface area contributed by atoms with E-state index >= 15 is 0 Å². The number of dihydropyridines is 1. The zero-order chi connectivity index (χ0) is 11.4. The van der Waals surface area contributed by atoms with E-state index in [-0.39, 0.29) is 0 Å². The second-order valence-corrected chi connectivity index (χ2v) is 3.64. The lowest BCUT2D eigenvalue weighted by Gasteiger charge is -2.12. The van der Waals surface area contributed by atoms with Crippen LogP contribution in [0.4, 0.5) is 0 Å². The van der Waals surface area contributed by atoms with E-state index in [4.69, 9.17) is 5.41 Å². The second-order valence-electron chi connectivity index (χ2n) is 3.64. The van der Waals surface area contributed by atoms with Crippen molar-refractivity contribution in [1.82, 2.24) is 5.32 Å². The fourth-order valence-corrected chi connectivity index (χ4v) is 1.58. The van der Waals surface area contributed by atoms with Gasteiger partial charge in [0.05, 0.1) is 5.71 Å². The summed E-state index contributed by atoms with van der Waals surface area (Å²) in [4.78, 5) is 0. The Morgan fingerprint density at radius 3 is 2.50 bits per heavy atom. The van der Waals surface area contributed by atoms with E-state index in [0.29, 0.717) is 5.71 Å². The number of hydrogen-bond acceptors (Lipinski definition) is 2. The standard InChI is InChI=1S/C14H14N2/c1-11(13-9-5-6-10-16-13)14(15)12-7-3-2-4-8-12/h2-10,15-16H,1H3/b13-11-,15-14?. The van der Waals surface area contributed by atoms with Crippen LogP contribution in [0.3, 0.4) is 0 Å². The molecule has 0 unspecified atom stereocenters. The Morgan fingerprint density at radius 1 is 1.12 bits per heavy atom. The van der Waals surface area contributed by atoms with E-state index in [9.17, 15) is 0 Å². The van der Waals surface area contributed by atoms with Gasteiger partial charge in [-0.3, -0.25) is 5.41 Å². The molecule has 0 fully saturated rings. The molecule has 0 radical (unpaired) electrons. The number of nitrogens with one attached hydrogen (secondary N) is 2. The lowest BCUT2D eigenvalue weighted by atomic mass is 10.0. The average molecular weight is 210 g/mol. The van der Waals surface area contributed by atoms with Crippen molar-refractivity contribution in [2.75, 3.05) is 0 Å². The molecule has 0 spiro atoms. The van der Waals surface area contributed by atoms with Crippen molar-refractivity contribution in [2.24, 2.45) is 0 Å². The van der Waals surface area contributed by atoms with Crippen LogP contribution in [-0.4, -0.2) is 5.71 Å². The minimum atomic E-state index is 0.558. The van der Waals surface area contributed by atoms with Gasteiger partial charge in [-0.25, -0.2) is 0 Å². The highest BCUT2D eigenvalue weighted by molar-refractivity contribution is 6.10. The summed E-state index contributed by atoms with van der Waals surface area (Å²) in [7, 11) is 0. The molecule has 0 amide bonds. The van der Waals surface area contributed by atoms with E-state index < -0.39 is 0 Å². The molecule has 0 aromatic heterocycles. The molecular formula is C14H14N2. The predicted octanol–water partition coefficient (Wildman–Crippen LogP) is 3.00. The third kappa shape index (κ3) is 2.11. The van der Waals surface area contributed by atoms with Crippen LogP contribution in [0, 0.1) is 5.41 Å². The Morgan fingerprint density at radius 2 is 1.88 bits per heavy atom. The monoisotopic (exact) mass is 210 g/mol. The Bertz CT molecular complexity index is 479. The smallest absolute Gasteiger partial charge is 0.0662 e. The first-order valence-electron chi connectivity index (χ1n) is 5.24. The van der Waals surface area contributed by atoms with Gasteiger partial charge in [0.25, 0.3) is 0 Å². The summed E-state index contributed by atoms with van der Waals surface area (Å²) >= 11 is 0. The molecule has 2 nitrogen and oxygen atoms in total. The van der Waals surface area contributed by atoms with Gasteiger partial charge in [-0.1, -0.05) is 36.4 Å². The molecule has 1 aromatic carbocycles. The lowest BCUT2D eigenvalue weighted by Crippen LogP contribution is -2.12. The summed E-state index contributed by atoms with van der Waals surface area (Å²) in [5.74, 6) is 0. The van der Waals surface area contributed by atoms with Crippen molar-refractivity contribution in [3.8, 4) is 0 Å². The van der Waals surface area contributed by atoms with Crippen molar-refractivity contribution in [3.63, 3.8) is 0 Å². The normalized spacial score (nSPS) is 16.8. The summed E-state index contributed by atoms with van der Waals surface area (Å²) in [5, 5.41) is 11.3. The zero-order valence-electron chi connectivity index (χ0n) is 9.20. The molecule has 1 heterocycles. The lowest BCUT2D eigenvalue weighted by molar-refractivity contribution is 1.07. The Kier molecular flexibility index (Phi) is 3.01. The maximum atomic E-state index is 8.12. The third-order valence-corrected chi connectivity index (χ3v) is 2.55. The maximum absolute atomic E-state index is 8.12. The van der Waals surface area contributed by atoms with Crippen LogP contribution in [0.15, 0.2) is 66.0 Å². The van der Waals surface area contributed by atoms with Crippen LogP contribution in [-0.2, 0) is 0 Å². The van der Waals surface area contributed by atoms with E-state index in [1.165, 1.54) is 0 Å². The summed E-state index contributed by atoms with van der Waals surface area (Å²) in [5.41, 5.74) is 3.43. The van der Waals surface area contributed by atoms with Gasteiger partial charge in [0.2, 0.25) is 0 Å². The van der Waals surface area contributed by atoms with Crippen LogP contribution < -0.4 is 5.32 Å². The molecular weight excluding hydrogens is 196 g/mol. The SMILES string of the molecule is C/C(C(=N)c1ccccc1)=C1\C=CC=CN1. The van der Waals surface area contributed by atoms with E-state index in [2.05, 4.69) is 5.32 Å². The van der Waals surface area contributed by atoms with Crippen LogP contribution in [0.25, 0.3) is 0 Å². The minimum absolute atomic E-state index is 0.558. The van der Waals surface area contributed by atoms with Crippen molar-refractivity contribution in [2.45, 2.75) is 6.92 Å². The molecule has 0 bridgehead atoms. The summed E-state index contributed by atoms with van der Waals surface area (Å²) in [6.07, 6.45) is 7.75. The van der Waals surface area contributed by atoms with Crippen LogP contribution >= 0.6 is 0 Å². The molecule has 1 aliphatic heterocycles. The van der Waals surface area contributed by atoms with Crippen molar-refractivity contribution < 1.29 is 0 Å². The van der Waals surface area contributed by atoms with Crippen molar-refractivity contribution >= 4 is 5.71 Å². The van der Waals surface area contributed by atoms with Gasteiger partial charge in [-0.05, 0) is 30.2 Å². The zero-order valence-corrected chi connectivity index (χ0v) is 9.20. The van der Waals surface area contributed by atoms with Gasteiger partial charge >= 0.3 is 0 Å². The summed E-state index contributed by atoms with van der Waals surface area (Å²) < 4.78 is 0. The van der Waals surface area contributed by atoms with E-state index in [1.807, 2.05) is 61.7 Å². The third-order valence-electron chi connectivity index (χ3n) is 2.55. The Balaban J connectivity index is 2.29. The molecule has 0 saturated carbocycles. The molecule has 2 heteroatoms. The van der Waals surface area contributed by atoms with Gasteiger partial charge in [0, 0.05) is 11.9 Å². The fraction of sp³-hybridized carbons (Fsp3) is 0.0714.